The minimum atomic E-state index is -0.431. The fourth-order valence-electron chi connectivity index (χ4n) is 1.75. The van der Waals surface area contributed by atoms with Crippen molar-refractivity contribution < 1.29 is 9.53 Å². The number of amides is 1. The van der Waals surface area contributed by atoms with Gasteiger partial charge in [0.05, 0.1) is 23.5 Å². The minimum Gasteiger partial charge on any atom is -0.457 e. The number of nitrogens with zero attached hydrogens (tertiary/aromatic N) is 1. The first-order chi connectivity index (χ1) is 9.58. The summed E-state index contributed by atoms with van der Waals surface area (Å²) in [5.74, 6) is 0.794. The molecule has 0 spiro atoms. The molecule has 20 heavy (non-hydrogen) atoms. The molecule has 6 nitrogen and oxygen atoms in total. The highest BCUT2D eigenvalue weighted by Crippen LogP contribution is 2.28. The highest BCUT2D eigenvalue weighted by molar-refractivity contribution is 5.76. The summed E-state index contributed by atoms with van der Waals surface area (Å²) in [6.45, 7) is 0. The van der Waals surface area contributed by atoms with Crippen molar-refractivity contribution in [2.24, 2.45) is 5.73 Å². The number of aromatic nitrogens is 1. The minimum absolute atomic E-state index is 0.0840. The lowest BCUT2D eigenvalue weighted by atomic mass is 10.2. The Morgan fingerprint density at radius 1 is 1.30 bits per heavy atom. The standard InChI is InChI=1S/C14H16N4O2/c1-17-13-8-10(2-3-12(13)15)20-11-4-5-18-9(6-11)7-14(16)19/h2-6,8,17H,7,15H2,1H3,(H2,16,19). The van der Waals surface area contributed by atoms with E-state index in [1.165, 1.54) is 0 Å². The Hall–Kier alpha value is -2.76. The Balaban J connectivity index is 2.19. The molecule has 0 radical (unpaired) electrons. The third-order valence-electron chi connectivity index (χ3n) is 2.67. The molecule has 1 aromatic carbocycles. The fourth-order valence-corrected chi connectivity index (χ4v) is 1.75. The summed E-state index contributed by atoms with van der Waals surface area (Å²) in [5, 5.41) is 2.98. The molecule has 0 aliphatic rings. The van der Waals surface area contributed by atoms with Crippen LogP contribution >= 0.6 is 0 Å². The number of rotatable bonds is 5. The SMILES string of the molecule is CNc1cc(Oc2ccnc(CC(N)=O)c2)ccc1N. The van der Waals surface area contributed by atoms with Crippen molar-refractivity contribution in [3.05, 3.63) is 42.2 Å². The van der Waals surface area contributed by atoms with Crippen LogP contribution in [0.2, 0.25) is 0 Å². The van der Waals surface area contributed by atoms with Gasteiger partial charge < -0.3 is 21.5 Å². The Bertz CT molecular complexity index is 628. The van der Waals surface area contributed by atoms with Crippen molar-refractivity contribution in [1.82, 2.24) is 4.98 Å². The predicted octanol–water partition coefficient (Wildman–Crippen LogP) is 1.53. The van der Waals surface area contributed by atoms with Crippen LogP contribution in [0.5, 0.6) is 11.5 Å². The number of anilines is 2. The number of hydrogen-bond acceptors (Lipinski definition) is 5. The average Bonchev–Trinajstić information content (AvgIpc) is 2.40. The summed E-state index contributed by atoms with van der Waals surface area (Å²) in [5.41, 5.74) is 12.9. The molecule has 0 unspecified atom stereocenters. The number of hydrogen-bond donors (Lipinski definition) is 3. The van der Waals surface area contributed by atoms with Gasteiger partial charge in [0.1, 0.15) is 11.5 Å². The van der Waals surface area contributed by atoms with Crippen LogP contribution in [-0.4, -0.2) is 17.9 Å². The second kappa shape index (κ2) is 5.92. The van der Waals surface area contributed by atoms with E-state index >= 15 is 0 Å². The van der Waals surface area contributed by atoms with Gasteiger partial charge in [-0.25, -0.2) is 0 Å². The summed E-state index contributed by atoms with van der Waals surface area (Å²) >= 11 is 0. The van der Waals surface area contributed by atoms with Gasteiger partial charge in [0, 0.05) is 25.4 Å². The maximum atomic E-state index is 10.9. The van der Waals surface area contributed by atoms with E-state index in [2.05, 4.69) is 10.3 Å². The van der Waals surface area contributed by atoms with E-state index in [1.54, 1.807) is 43.6 Å². The topological polar surface area (TPSA) is 103 Å². The number of nitrogens with two attached hydrogens (primary N) is 2. The molecule has 2 aromatic rings. The summed E-state index contributed by atoms with van der Waals surface area (Å²) in [6.07, 6.45) is 1.66. The molecule has 0 saturated heterocycles. The molecule has 1 aromatic heterocycles. The summed E-state index contributed by atoms with van der Waals surface area (Å²) in [4.78, 5) is 14.9. The number of ether oxygens (including phenoxy) is 1. The lowest BCUT2D eigenvalue weighted by Gasteiger charge is -2.10. The second-order valence-corrected chi connectivity index (χ2v) is 4.23. The van der Waals surface area contributed by atoms with E-state index in [0.717, 1.165) is 5.69 Å². The average molecular weight is 272 g/mol. The van der Waals surface area contributed by atoms with Gasteiger partial charge in [-0.05, 0) is 18.2 Å². The largest absolute Gasteiger partial charge is 0.457 e. The molecule has 1 heterocycles. The molecule has 1 amide bonds. The maximum absolute atomic E-state index is 10.9. The molecule has 6 heteroatoms. The predicted molar refractivity (Wildman–Crippen MR) is 77.6 cm³/mol. The van der Waals surface area contributed by atoms with Crippen LogP contribution in [0.25, 0.3) is 0 Å². The van der Waals surface area contributed by atoms with Crippen molar-refractivity contribution in [3.63, 3.8) is 0 Å². The lowest BCUT2D eigenvalue weighted by Crippen LogP contribution is -2.14. The highest BCUT2D eigenvalue weighted by Gasteiger charge is 2.05. The van der Waals surface area contributed by atoms with E-state index in [0.29, 0.717) is 22.9 Å². The van der Waals surface area contributed by atoms with Gasteiger partial charge in [0.25, 0.3) is 0 Å². The van der Waals surface area contributed by atoms with Gasteiger partial charge in [-0.2, -0.15) is 0 Å². The van der Waals surface area contributed by atoms with Gasteiger partial charge in [-0.15, -0.1) is 0 Å². The molecule has 104 valence electrons. The zero-order chi connectivity index (χ0) is 14.5. The highest BCUT2D eigenvalue weighted by atomic mass is 16.5. The van der Waals surface area contributed by atoms with Crippen LogP contribution in [0, 0.1) is 0 Å². The zero-order valence-electron chi connectivity index (χ0n) is 11.1. The Morgan fingerprint density at radius 2 is 2.05 bits per heavy atom. The third-order valence-corrected chi connectivity index (χ3v) is 2.67. The number of nitrogens with one attached hydrogen (secondary N) is 1. The van der Waals surface area contributed by atoms with Gasteiger partial charge >= 0.3 is 0 Å². The third kappa shape index (κ3) is 3.38. The molecule has 0 fully saturated rings. The van der Waals surface area contributed by atoms with Crippen molar-refractivity contribution in [2.75, 3.05) is 18.1 Å². The molecule has 2 rings (SSSR count). The summed E-state index contributed by atoms with van der Waals surface area (Å²) in [7, 11) is 1.78. The quantitative estimate of drug-likeness (QED) is 0.716. The van der Waals surface area contributed by atoms with Crippen molar-refractivity contribution in [1.29, 1.82) is 0 Å². The number of carbonyl (C=O) groups is 1. The summed E-state index contributed by atoms with van der Waals surface area (Å²) in [6, 6.07) is 8.71. The Morgan fingerprint density at radius 3 is 2.75 bits per heavy atom. The van der Waals surface area contributed by atoms with Crippen LogP contribution in [0.15, 0.2) is 36.5 Å². The van der Waals surface area contributed by atoms with Gasteiger partial charge in [-0.1, -0.05) is 0 Å². The molecule has 5 N–H and O–H groups in total. The first-order valence-electron chi connectivity index (χ1n) is 6.07. The Kier molecular flexibility index (Phi) is 4.05. The van der Waals surface area contributed by atoms with Crippen molar-refractivity contribution in [3.8, 4) is 11.5 Å². The van der Waals surface area contributed by atoms with Crippen molar-refractivity contribution >= 4 is 17.3 Å². The zero-order valence-corrected chi connectivity index (χ0v) is 11.1. The molecule has 0 aliphatic carbocycles. The molecule has 0 aliphatic heterocycles. The van der Waals surface area contributed by atoms with Gasteiger partial charge in [0.15, 0.2) is 0 Å². The normalized spacial score (nSPS) is 10.1. The number of pyridine rings is 1. The van der Waals surface area contributed by atoms with Crippen LogP contribution in [0.4, 0.5) is 11.4 Å². The second-order valence-electron chi connectivity index (χ2n) is 4.23. The van der Waals surface area contributed by atoms with E-state index in [1.807, 2.05) is 0 Å². The van der Waals surface area contributed by atoms with Gasteiger partial charge in [-0.3, -0.25) is 9.78 Å². The van der Waals surface area contributed by atoms with E-state index in [-0.39, 0.29) is 6.42 Å². The van der Waals surface area contributed by atoms with Crippen LogP contribution < -0.4 is 21.5 Å². The molecular formula is C14H16N4O2. The van der Waals surface area contributed by atoms with Crippen LogP contribution in [-0.2, 0) is 11.2 Å². The smallest absolute Gasteiger partial charge is 0.223 e. The lowest BCUT2D eigenvalue weighted by molar-refractivity contribution is -0.117. The maximum Gasteiger partial charge on any atom is 0.223 e. The van der Waals surface area contributed by atoms with E-state index in [9.17, 15) is 4.79 Å². The van der Waals surface area contributed by atoms with E-state index < -0.39 is 5.91 Å². The molecule has 0 bridgehead atoms. The first-order valence-corrected chi connectivity index (χ1v) is 6.07. The van der Waals surface area contributed by atoms with Crippen LogP contribution in [0.3, 0.4) is 0 Å². The number of carbonyl (C=O) groups excluding carboxylic acids is 1. The number of benzene rings is 1. The molecular weight excluding hydrogens is 256 g/mol. The van der Waals surface area contributed by atoms with Gasteiger partial charge in [0.2, 0.25) is 5.91 Å². The number of primary amides is 1. The first kappa shape index (κ1) is 13.7. The monoisotopic (exact) mass is 272 g/mol. The van der Waals surface area contributed by atoms with Crippen LogP contribution in [0.1, 0.15) is 5.69 Å². The Labute approximate surface area is 116 Å². The fraction of sp³-hybridized carbons (Fsp3) is 0.143. The number of nitrogen functional groups attached to an aromatic ring is 1. The van der Waals surface area contributed by atoms with E-state index in [4.69, 9.17) is 16.2 Å². The summed E-state index contributed by atoms with van der Waals surface area (Å²) < 4.78 is 5.71. The van der Waals surface area contributed by atoms with Crippen molar-refractivity contribution in [2.45, 2.75) is 6.42 Å². The molecule has 0 saturated carbocycles. The molecule has 0 atom stereocenters.